The third kappa shape index (κ3) is 4.89. The lowest BCUT2D eigenvalue weighted by Gasteiger charge is -2.42. The van der Waals surface area contributed by atoms with Crippen LogP contribution in [0.2, 0.25) is 0 Å². The number of hydrogen-bond acceptors (Lipinski definition) is 1. The van der Waals surface area contributed by atoms with Gasteiger partial charge in [0.15, 0.2) is 0 Å². The van der Waals surface area contributed by atoms with Gasteiger partial charge in [0, 0.05) is 0 Å². The molecule has 1 atom stereocenters. The quantitative estimate of drug-likeness (QED) is 0.540. The van der Waals surface area contributed by atoms with Gasteiger partial charge in [0.1, 0.15) is 0 Å². The van der Waals surface area contributed by atoms with E-state index < -0.39 is 5.60 Å². The molecule has 1 unspecified atom stereocenters. The molecule has 4 rings (SSSR count). The van der Waals surface area contributed by atoms with Gasteiger partial charge in [-0.3, -0.25) is 0 Å². The summed E-state index contributed by atoms with van der Waals surface area (Å²) in [6, 6.07) is 17.8. The Morgan fingerprint density at radius 1 is 0.875 bits per heavy atom. The highest BCUT2D eigenvalue weighted by molar-refractivity contribution is 5.73. The van der Waals surface area contributed by atoms with Crippen LogP contribution < -0.4 is 0 Å². The van der Waals surface area contributed by atoms with Gasteiger partial charge in [0.05, 0.1) is 5.60 Å². The van der Waals surface area contributed by atoms with E-state index in [2.05, 4.69) is 88.4 Å². The Balaban J connectivity index is 1.81. The number of rotatable bonds is 4. The van der Waals surface area contributed by atoms with Crippen molar-refractivity contribution < 1.29 is 5.11 Å². The zero-order valence-electron chi connectivity index (χ0n) is 20.2. The Bertz CT molecular complexity index is 1100. The van der Waals surface area contributed by atoms with E-state index in [4.69, 9.17) is 0 Å². The van der Waals surface area contributed by atoms with E-state index in [0.29, 0.717) is 0 Å². The summed E-state index contributed by atoms with van der Waals surface area (Å²) in [7, 11) is 0. The molecule has 0 aromatic heterocycles. The second-order valence-corrected chi connectivity index (χ2v) is 10.9. The monoisotopic (exact) mass is 424 g/mol. The van der Waals surface area contributed by atoms with Gasteiger partial charge < -0.3 is 5.11 Å². The highest BCUT2D eigenvalue weighted by Gasteiger charge is 2.37. The maximum absolute atomic E-state index is 10.4. The molecule has 1 nitrogen and oxygen atoms in total. The largest absolute Gasteiger partial charge is 0.382 e. The van der Waals surface area contributed by atoms with Gasteiger partial charge in [-0.1, -0.05) is 101 Å². The molecule has 0 saturated heterocycles. The van der Waals surface area contributed by atoms with Gasteiger partial charge in [-0.05, 0) is 82.6 Å². The maximum atomic E-state index is 10.4. The molecule has 1 N–H and O–H groups in total. The van der Waals surface area contributed by atoms with Crippen LogP contribution in [-0.4, -0.2) is 10.7 Å². The zero-order valence-corrected chi connectivity index (χ0v) is 20.2. The van der Waals surface area contributed by atoms with Gasteiger partial charge in [0.25, 0.3) is 0 Å². The molecule has 166 valence electrons. The predicted octanol–water partition coefficient (Wildman–Crippen LogP) is 7.47. The van der Waals surface area contributed by atoms with Crippen LogP contribution in [-0.2, 0) is 17.3 Å². The minimum atomic E-state index is -0.910. The Morgan fingerprint density at radius 2 is 1.56 bits per heavy atom. The molecule has 1 heteroatoms. The van der Waals surface area contributed by atoms with Crippen LogP contribution in [0.3, 0.4) is 0 Å². The molecule has 0 bridgehead atoms. The van der Waals surface area contributed by atoms with E-state index in [1.54, 1.807) is 6.92 Å². The summed E-state index contributed by atoms with van der Waals surface area (Å²) in [4.78, 5) is 0. The molecular formula is C31H36O. The fourth-order valence-electron chi connectivity index (χ4n) is 4.87. The van der Waals surface area contributed by atoms with Crippen LogP contribution >= 0.6 is 0 Å². The molecule has 2 aromatic rings. The van der Waals surface area contributed by atoms with Crippen molar-refractivity contribution in [2.45, 2.75) is 70.3 Å². The van der Waals surface area contributed by atoms with E-state index in [1.807, 2.05) is 24.3 Å². The van der Waals surface area contributed by atoms with Gasteiger partial charge >= 0.3 is 0 Å². The minimum Gasteiger partial charge on any atom is -0.382 e. The van der Waals surface area contributed by atoms with Crippen molar-refractivity contribution in [2.75, 3.05) is 0 Å². The van der Waals surface area contributed by atoms with E-state index in [1.165, 1.54) is 40.7 Å². The molecule has 0 radical (unpaired) electrons. The average molecular weight is 425 g/mol. The SMILES string of the molecule is CC1(O)C=CC=C(/C=C(\Cc2ccccc2)c2ccc3c(c2)C(C)(C)CCC3(C)C)C=C1. The van der Waals surface area contributed by atoms with Crippen molar-refractivity contribution in [3.05, 3.63) is 113 Å². The minimum absolute atomic E-state index is 0.182. The van der Waals surface area contributed by atoms with Crippen molar-refractivity contribution >= 4 is 5.57 Å². The number of allylic oxidation sites excluding steroid dienone is 6. The summed E-state index contributed by atoms with van der Waals surface area (Å²) in [5.74, 6) is 0. The molecular weight excluding hydrogens is 388 g/mol. The van der Waals surface area contributed by atoms with Crippen molar-refractivity contribution in [1.82, 2.24) is 0 Å². The first kappa shape index (κ1) is 22.6. The Morgan fingerprint density at radius 3 is 2.28 bits per heavy atom. The van der Waals surface area contributed by atoms with E-state index in [-0.39, 0.29) is 10.8 Å². The van der Waals surface area contributed by atoms with Gasteiger partial charge in [0.2, 0.25) is 0 Å². The zero-order chi connectivity index (χ0) is 23.0. The lowest BCUT2D eigenvalue weighted by molar-refractivity contribution is 0.164. The fourth-order valence-corrected chi connectivity index (χ4v) is 4.87. The van der Waals surface area contributed by atoms with Crippen molar-refractivity contribution in [3.63, 3.8) is 0 Å². The molecule has 0 saturated carbocycles. The van der Waals surface area contributed by atoms with Gasteiger partial charge in [-0.25, -0.2) is 0 Å². The van der Waals surface area contributed by atoms with E-state index in [0.717, 1.165) is 12.0 Å². The lowest BCUT2D eigenvalue weighted by Crippen LogP contribution is -2.33. The number of benzene rings is 2. The smallest absolute Gasteiger partial charge is 0.0986 e. The number of fused-ring (bicyclic) bond motifs is 1. The lowest BCUT2D eigenvalue weighted by atomic mass is 9.63. The number of aliphatic hydroxyl groups is 1. The fraction of sp³-hybridized carbons (Fsp3) is 0.355. The van der Waals surface area contributed by atoms with Crippen LogP contribution in [0.15, 0.2) is 90.6 Å². The summed E-state index contributed by atoms with van der Waals surface area (Å²) < 4.78 is 0. The third-order valence-electron chi connectivity index (χ3n) is 7.14. The molecule has 0 aliphatic heterocycles. The standard InChI is InChI=1S/C31H36O/c1-29(2)18-19-30(3,4)28-22-25(13-14-27(28)29)26(20-23-10-7-6-8-11-23)21-24-12-9-16-31(5,32)17-15-24/h6-17,21-22,32H,18-20H2,1-5H3/b26-21+. The topological polar surface area (TPSA) is 20.2 Å². The van der Waals surface area contributed by atoms with Crippen molar-refractivity contribution in [1.29, 1.82) is 0 Å². The highest BCUT2D eigenvalue weighted by Crippen LogP contribution is 2.46. The molecule has 2 aliphatic rings. The van der Waals surface area contributed by atoms with Crippen LogP contribution in [0.5, 0.6) is 0 Å². The molecule has 0 amide bonds. The molecule has 32 heavy (non-hydrogen) atoms. The second-order valence-electron chi connectivity index (χ2n) is 10.9. The first-order valence-corrected chi connectivity index (χ1v) is 11.8. The predicted molar refractivity (Wildman–Crippen MR) is 137 cm³/mol. The van der Waals surface area contributed by atoms with E-state index >= 15 is 0 Å². The molecule has 0 fully saturated rings. The highest BCUT2D eigenvalue weighted by atomic mass is 16.3. The molecule has 0 heterocycles. The van der Waals surface area contributed by atoms with Gasteiger partial charge in [-0.2, -0.15) is 0 Å². The van der Waals surface area contributed by atoms with E-state index in [9.17, 15) is 5.11 Å². The molecule has 2 aliphatic carbocycles. The van der Waals surface area contributed by atoms with Crippen LogP contribution in [0.1, 0.15) is 69.7 Å². The maximum Gasteiger partial charge on any atom is 0.0986 e. The Labute approximate surface area is 193 Å². The van der Waals surface area contributed by atoms with Gasteiger partial charge in [-0.15, -0.1) is 0 Å². The summed E-state index contributed by atoms with van der Waals surface area (Å²) in [6.45, 7) is 11.3. The first-order valence-electron chi connectivity index (χ1n) is 11.8. The second kappa shape index (κ2) is 8.37. The summed E-state index contributed by atoms with van der Waals surface area (Å²) in [6.07, 6.45) is 15.3. The van der Waals surface area contributed by atoms with Crippen molar-refractivity contribution in [3.8, 4) is 0 Å². The van der Waals surface area contributed by atoms with Crippen LogP contribution in [0, 0.1) is 0 Å². The molecule has 2 aromatic carbocycles. The summed E-state index contributed by atoms with van der Waals surface area (Å²) >= 11 is 0. The normalized spacial score (nSPS) is 23.9. The van der Waals surface area contributed by atoms with Crippen molar-refractivity contribution in [2.24, 2.45) is 0 Å². The third-order valence-corrected chi connectivity index (χ3v) is 7.14. The van der Waals surface area contributed by atoms with Crippen LogP contribution in [0.25, 0.3) is 5.57 Å². The first-order chi connectivity index (χ1) is 15.1. The summed E-state index contributed by atoms with van der Waals surface area (Å²) in [5.41, 5.74) is 7.45. The Kier molecular flexibility index (Phi) is 5.90. The summed E-state index contributed by atoms with van der Waals surface area (Å²) in [5, 5.41) is 10.4. The average Bonchev–Trinajstić information content (AvgIpc) is 2.92. The number of hydrogen-bond donors (Lipinski definition) is 1. The Hall–Kier alpha value is -2.64. The van der Waals surface area contributed by atoms with Crippen LogP contribution in [0.4, 0.5) is 0 Å². The molecule has 0 spiro atoms.